The first-order valence-corrected chi connectivity index (χ1v) is 9.63. The van der Waals surface area contributed by atoms with Gasteiger partial charge in [0.1, 0.15) is 5.15 Å². The zero-order valence-electron chi connectivity index (χ0n) is 16.9. The number of hydrogen-bond acceptors (Lipinski definition) is 3. The standard InChI is InChI=1S/C21H29ClN4O/c1-6-7-14-26-21(22)19(16(2)23-26)12-13-20(27)25(5)15-17-8-10-18(11-9-17)24(3)4/h8-13H,6-7,14-15H2,1-5H3/b13-12+. The van der Waals surface area contributed by atoms with Crippen molar-refractivity contribution in [2.75, 3.05) is 26.0 Å². The number of nitrogens with zero attached hydrogens (tertiary/aromatic N) is 4. The minimum atomic E-state index is -0.0662. The summed E-state index contributed by atoms with van der Waals surface area (Å²) in [7, 11) is 5.81. The van der Waals surface area contributed by atoms with E-state index in [-0.39, 0.29) is 5.91 Å². The maximum absolute atomic E-state index is 12.5. The summed E-state index contributed by atoms with van der Waals surface area (Å²) in [5.41, 5.74) is 3.87. The minimum Gasteiger partial charge on any atom is -0.378 e. The molecular weight excluding hydrogens is 360 g/mol. The molecule has 0 aliphatic heterocycles. The summed E-state index contributed by atoms with van der Waals surface area (Å²) in [4.78, 5) is 16.2. The Morgan fingerprint density at radius 3 is 2.48 bits per heavy atom. The third-order valence-electron chi connectivity index (χ3n) is 4.47. The van der Waals surface area contributed by atoms with E-state index in [0.717, 1.165) is 41.9 Å². The first-order chi connectivity index (χ1) is 12.8. The molecule has 146 valence electrons. The fourth-order valence-electron chi connectivity index (χ4n) is 2.75. The van der Waals surface area contributed by atoms with Gasteiger partial charge in [-0.05, 0) is 37.1 Å². The fraction of sp³-hybridized carbons (Fsp3) is 0.429. The quantitative estimate of drug-likeness (QED) is 0.630. The largest absolute Gasteiger partial charge is 0.378 e. The molecule has 0 spiro atoms. The molecule has 5 nitrogen and oxygen atoms in total. The van der Waals surface area contributed by atoms with Gasteiger partial charge in [0.05, 0.1) is 5.69 Å². The number of hydrogen-bond donors (Lipinski definition) is 0. The summed E-state index contributed by atoms with van der Waals surface area (Å²) < 4.78 is 1.81. The second-order valence-electron chi connectivity index (χ2n) is 6.96. The highest BCUT2D eigenvalue weighted by molar-refractivity contribution is 6.31. The summed E-state index contributed by atoms with van der Waals surface area (Å²) in [5.74, 6) is -0.0662. The van der Waals surface area contributed by atoms with E-state index in [1.165, 1.54) is 0 Å². The maximum Gasteiger partial charge on any atom is 0.246 e. The van der Waals surface area contributed by atoms with Crippen LogP contribution in [0.2, 0.25) is 5.15 Å². The number of benzene rings is 1. The number of aryl methyl sites for hydroxylation is 2. The summed E-state index contributed by atoms with van der Waals surface area (Å²) >= 11 is 6.42. The maximum atomic E-state index is 12.5. The van der Waals surface area contributed by atoms with Gasteiger partial charge in [0.25, 0.3) is 0 Å². The molecule has 2 rings (SSSR count). The average Bonchev–Trinajstić information content (AvgIpc) is 2.91. The van der Waals surface area contributed by atoms with Gasteiger partial charge < -0.3 is 9.80 Å². The van der Waals surface area contributed by atoms with Crippen molar-refractivity contribution in [3.05, 3.63) is 52.3 Å². The molecule has 0 saturated carbocycles. The Bertz CT molecular complexity index is 793. The predicted molar refractivity (Wildman–Crippen MR) is 113 cm³/mol. The molecule has 0 atom stereocenters. The molecule has 1 amide bonds. The average molecular weight is 389 g/mol. The van der Waals surface area contributed by atoms with Crippen LogP contribution in [0, 0.1) is 6.92 Å². The highest BCUT2D eigenvalue weighted by Crippen LogP contribution is 2.22. The Hall–Kier alpha value is -2.27. The number of anilines is 1. The Morgan fingerprint density at radius 2 is 1.89 bits per heavy atom. The highest BCUT2D eigenvalue weighted by Gasteiger charge is 2.12. The van der Waals surface area contributed by atoms with Gasteiger partial charge in [-0.25, -0.2) is 0 Å². The number of carbonyl (C=O) groups is 1. The predicted octanol–water partition coefficient (Wildman–Crippen LogP) is 4.38. The zero-order valence-corrected chi connectivity index (χ0v) is 17.6. The van der Waals surface area contributed by atoms with Gasteiger partial charge in [0.2, 0.25) is 5.91 Å². The van der Waals surface area contributed by atoms with Crippen LogP contribution in [-0.2, 0) is 17.9 Å². The third-order valence-corrected chi connectivity index (χ3v) is 4.87. The van der Waals surface area contributed by atoms with Crippen LogP contribution in [0.5, 0.6) is 0 Å². The van der Waals surface area contributed by atoms with E-state index >= 15 is 0 Å². The van der Waals surface area contributed by atoms with Crippen LogP contribution in [0.1, 0.15) is 36.6 Å². The number of halogens is 1. The summed E-state index contributed by atoms with van der Waals surface area (Å²) in [6, 6.07) is 8.19. The van der Waals surface area contributed by atoms with E-state index in [0.29, 0.717) is 11.7 Å². The molecule has 0 N–H and O–H groups in total. The molecule has 0 aliphatic rings. The molecule has 0 bridgehead atoms. The lowest BCUT2D eigenvalue weighted by atomic mass is 10.2. The monoisotopic (exact) mass is 388 g/mol. The summed E-state index contributed by atoms with van der Waals surface area (Å²) in [5, 5.41) is 5.05. The normalized spacial score (nSPS) is 11.2. The Labute approximate surface area is 167 Å². The van der Waals surface area contributed by atoms with Gasteiger partial charge in [-0.1, -0.05) is 37.1 Å². The van der Waals surface area contributed by atoms with Gasteiger partial charge in [-0.15, -0.1) is 0 Å². The number of unbranched alkanes of at least 4 members (excludes halogenated alkanes) is 1. The molecule has 0 unspecified atom stereocenters. The van der Waals surface area contributed by atoms with Crippen molar-refractivity contribution in [1.29, 1.82) is 0 Å². The third kappa shape index (κ3) is 5.60. The van der Waals surface area contributed by atoms with Crippen molar-refractivity contribution in [3.63, 3.8) is 0 Å². The number of aromatic nitrogens is 2. The van der Waals surface area contributed by atoms with Crippen LogP contribution in [0.3, 0.4) is 0 Å². The van der Waals surface area contributed by atoms with Crippen LogP contribution >= 0.6 is 11.6 Å². The van der Waals surface area contributed by atoms with E-state index in [9.17, 15) is 4.79 Å². The number of rotatable bonds is 8. The Kier molecular flexibility index (Phi) is 7.48. The van der Waals surface area contributed by atoms with E-state index in [2.05, 4.69) is 24.2 Å². The number of carbonyl (C=O) groups excluding carboxylic acids is 1. The van der Waals surface area contributed by atoms with E-state index in [1.807, 2.05) is 38.1 Å². The first kappa shape index (κ1) is 21.0. The minimum absolute atomic E-state index is 0.0662. The van der Waals surface area contributed by atoms with Crippen molar-refractivity contribution >= 4 is 29.3 Å². The summed E-state index contributed by atoms with van der Waals surface area (Å²) in [6.45, 7) is 5.39. The van der Waals surface area contributed by atoms with Crippen molar-refractivity contribution in [1.82, 2.24) is 14.7 Å². The second kappa shape index (κ2) is 9.60. The van der Waals surface area contributed by atoms with Crippen LogP contribution in [0.4, 0.5) is 5.69 Å². The van der Waals surface area contributed by atoms with Crippen LogP contribution in [-0.4, -0.2) is 41.7 Å². The number of likely N-dealkylation sites (N-methyl/N-ethyl adjacent to an activating group) is 1. The Morgan fingerprint density at radius 1 is 1.22 bits per heavy atom. The molecular formula is C21H29ClN4O. The highest BCUT2D eigenvalue weighted by atomic mass is 35.5. The fourth-order valence-corrected chi connectivity index (χ4v) is 3.07. The molecule has 2 aromatic rings. The lowest BCUT2D eigenvalue weighted by Crippen LogP contribution is -2.24. The summed E-state index contributed by atoms with van der Waals surface area (Å²) in [6.07, 6.45) is 5.44. The topological polar surface area (TPSA) is 41.4 Å². The van der Waals surface area contributed by atoms with Crippen molar-refractivity contribution in [2.24, 2.45) is 0 Å². The molecule has 1 heterocycles. The SMILES string of the molecule is CCCCn1nc(C)c(/C=C/C(=O)N(C)Cc2ccc(N(C)C)cc2)c1Cl. The van der Waals surface area contributed by atoms with E-state index < -0.39 is 0 Å². The molecule has 0 fully saturated rings. The van der Waals surface area contributed by atoms with Crippen LogP contribution < -0.4 is 4.90 Å². The Balaban J connectivity index is 2.02. The first-order valence-electron chi connectivity index (χ1n) is 9.25. The number of amides is 1. The lowest BCUT2D eigenvalue weighted by molar-refractivity contribution is -0.125. The van der Waals surface area contributed by atoms with Crippen molar-refractivity contribution < 1.29 is 4.79 Å². The van der Waals surface area contributed by atoms with Gasteiger partial charge in [-0.3, -0.25) is 9.48 Å². The molecule has 0 radical (unpaired) electrons. The van der Waals surface area contributed by atoms with Crippen molar-refractivity contribution in [3.8, 4) is 0 Å². The van der Waals surface area contributed by atoms with Gasteiger partial charge in [0.15, 0.2) is 0 Å². The lowest BCUT2D eigenvalue weighted by Gasteiger charge is -2.17. The molecule has 1 aromatic heterocycles. The molecule has 27 heavy (non-hydrogen) atoms. The molecule has 0 aliphatic carbocycles. The van der Waals surface area contributed by atoms with E-state index in [1.54, 1.807) is 28.8 Å². The smallest absolute Gasteiger partial charge is 0.246 e. The van der Waals surface area contributed by atoms with Gasteiger partial charge >= 0.3 is 0 Å². The van der Waals surface area contributed by atoms with Crippen LogP contribution in [0.15, 0.2) is 30.3 Å². The molecule has 6 heteroatoms. The van der Waals surface area contributed by atoms with E-state index in [4.69, 9.17) is 11.6 Å². The molecule has 1 aromatic carbocycles. The zero-order chi connectivity index (χ0) is 20.0. The van der Waals surface area contributed by atoms with Gasteiger partial charge in [-0.2, -0.15) is 5.10 Å². The van der Waals surface area contributed by atoms with Crippen LogP contribution in [0.25, 0.3) is 6.08 Å². The van der Waals surface area contributed by atoms with Gasteiger partial charge in [0, 0.05) is 51.6 Å². The second-order valence-corrected chi connectivity index (χ2v) is 7.31. The molecule has 0 saturated heterocycles. The van der Waals surface area contributed by atoms with Crippen molar-refractivity contribution in [2.45, 2.75) is 39.8 Å².